The summed E-state index contributed by atoms with van der Waals surface area (Å²) in [6.45, 7) is 3.91. The highest BCUT2D eigenvalue weighted by atomic mass is 16.5. The van der Waals surface area contributed by atoms with E-state index in [1.165, 1.54) is 7.11 Å². The van der Waals surface area contributed by atoms with Crippen LogP contribution in [-0.2, 0) is 14.3 Å². The second-order valence-corrected chi connectivity index (χ2v) is 4.01. The van der Waals surface area contributed by atoms with E-state index in [4.69, 9.17) is 4.74 Å². The van der Waals surface area contributed by atoms with Crippen LogP contribution in [0.25, 0.3) is 0 Å². The van der Waals surface area contributed by atoms with Crippen molar-refractivity contribution < 1.29 is 19.1 Å². The predicted molar refractivity (Wildman–Crippen MR) is 61.6 cm³/mol. The highest BCUT2D eigenvalue weighted by molar-refractivity contribution is 5.78. The maximum Gasteiger partial charge on any atom is 0.407 e. The molecule has 0 saturated carbocycles. The molecule has 1 fully saturated rings. The number of alkyl carbamates (subject to hydrolysis) is 1. The van der Waals surface area contributed by atoms with E-state index >= 15 is 0 Å². The highest BCUT2D eigenvalue weighted by Crippen LogP contribution is 2.09. The van der Waals surface area contributed by atoms with Crippen LogP contribution in [0.1, 0.15) is 19.8 Å². The number of carbonyl (C=O) groups excluding carboxylic acids is 2. The average Bonchev–Trinajstić information content (AvgIpc) is 2.77. The molecular formula is C11H20N2O4. The third kappa shape index (κ3) is 4.60. The fourth-order valence-corrected chi connectivity index (χ4v) is 1.73. The Morgan fingerprint density at radius 3 is 2.88 bits per heavy atom. The summed E-state index contributed by atoms with van der Waals surface area (Å²) in [6, 6.07) is -0.0161. The topological polar surface area (TPSA) is 67.9 Å². The molecule has 1 unspecified atom stereocenters. The van der Waals surface area contributed by atoms with E-state index in [1.807, 2.05) is 6.92 Å². The van der Waals surface area contributed by atoms with Crippen LogP contribution in [0.2, 0.25) is 0 Å². The van der Waals surface area contributed by atoms with Crippen molar-refractivity contribution in [2.24, 2.45) is 0 Å². The average molecular weight is 244 g/mol. The lowest BCUT2D eigenvalue weighted by molar-refractivity contribution is -0.135. The Balaban J connectivity index is 2.24. The molecule has 1 atom stereocenters. The molecule has 1 saturated heterocycles. The lowest BCUT2D eigenvalue weighted by Crippen LogP contribution is -2.39. The van der Waals surface area contributed by atoms with Crippen molar-refractivity contribution in [2.45, 2.75) is 25.8 Å². The zero-order valence-electron chi connectivity index (χ0n) is 10.4. The first-order chi connectivity index (χ1) is 8.17. The standard InChI is InChI=1S/C11H20N2O4/c1-3-6-17-8-10(14)13-5-4-9(7-13)12-11(15)16-2/h9H,3-8H2,1-2H3,(H,12,15). The van der Waals surface area contributed by atoms with Gasteiger partial charge in [0.15, 0.2) is 0 Å². The Labute approximate surface area is 101 Å². The lowest BCUT2D eigenvalue weighted by atomic mass is 10.3. The van der Waals surface area contributed by atoms with Crippen molar-refractivity contribution >= 4 is 12.0 Å². The maximum atomic E-state index is 11.7. The zero-order valence-corrected chi connectivity index (χ0v) is 10.4. The second kappa shape index (κ2) is 7.11. The monoisotopic (exact) mass is 244 g/mol. The molecule has 0 aliphatic carbocycles. The molecule has 1 rings (SSSR count). The number of rotatable bonds is 5. The Kier molecular flexibility index (Phi) is 5.76. The molecule has 6 heteroatoms. The molecule has 17 heavy (non-hydrogen) atoms. The van der Waals surface area contributed by atoms with Gasteiger partial charge in [0.2, 0.25) is 5.91 Å². The molecule has 0 aromatic rings. The number of amides is 2. The second-order valence-electron chi connectivity index (χ2n) is 4.01. The number of likely N-dealkylation sites (tertiary alicyclic amines) is 1. The minimum Gasteiger partial charge on any atom is -0.453 e. The molecular weight excluding hydrogens is 224 g/mol. The van der Waals surface area contributed by atoms with Crippen LogP contribution in [0.15, 0.2) is 0 Å². The number of hydrogen-bond donors (Lipinski definition) is 1. The van der Waals surface area contributed by atoms with E-state index in [9.17, 15) is 9.59 Å². The molecule has 0 radical (unpaired) electrons. The Hall–Kier alpha value is -1.30. The largest absolute Gasteiger partial charge is 0.453 e. The number of carbonyl (C=O) groups is 2. The molecule has 1 heterocycles. The van der Waals surface area contributed by atoms with Gasteiger partial charge in [-0.05, 0) is 12.8 Å². The van der Waals surface area contributed by atoms with Gasteiger partial charge in [-0.1, -0.05) is 6.92 Å². The molecule has 0 bridgehead atoms. The van der Waals surface area contributed by atoms with Crippen LogP contribution in [-0.4, -0.2) is 56.4 Å². The summed E-state index contributed by atoms with van der Waals surface area (Å²) in [5, 5.41) is 2.68. The number of hydrogen-bond acceptors (Lipinski definition) is 4. The van der Waals surface area contributed by atoms with Gasteiger partial charge < -0.3 is 19.7 Å². The van der Waals surface area contributed by atoms with Crippen molar-refractivity contribution in [2.75, 3.05) is 33.4 Å². The molecule has 6 nitrogen and oxygen atoms in total. The van der Waals surface area contributed by atoms with Crippen LogP contribution < -0.4 is 5.32 Å². The smallest absolute Gasteiger partial charge is 0.407 e. The van der Waals surface area contributed by atoms with Gasteiger partial charge in [0.25, 0.3) is 0 Å². The van der Waals surface area contributed by atoms with E-state index in [2.05, 4.69) is 10.1 Å². The molecule has 1 aliphatic heterocycles. The van der Waals surface area contributed by atoms with Crippen LogP contribution >= 0.6 is 0 Å². The van der Waals surface area contributed by atoms with E-state index in [-0.39, 0.29) is 18.6 Å². The molecule has 1 N–H and O–H groups in total. The molecule has 1 aliphatic rings. The fraction of sp³-hybridized carbons (Fsp3) is 0.818. The first-order valence-corrected chi connectivity index (χ1v) is 5.87. The van der Waals surface area contributed by atoms with Gasteiger partial charge in [-0.25, -0.2) is 4.79 Å². The summed E-state index contributed by atoms with van der Waals surface area (Å²) in [5.41, 5.74) is 0. The number of nitrogens with one attached hydrogen (secondary N) is 1. The molecule has 0 aromatic heterocycles. The van der Waals surface area contributed by atoms with Crippen LogP contribution in [0.5, 0.6) is 0 Å². The normalized spacial score (nSPS) is 19.2. The summed E-state index contributed by atoms with van der Waals surface area (Å²) in [4.78, 5) is 24.4. The van der Waals surface area contributed by atoms with Gasteiger partial charge in [0, 0.05) is 19.7 Å². The third-order valence-electron chi connectivity index (χ3n) is 2.62. The van der Waals surface area contributed by atoms with Crippen LogP contribution in [0, 0.1) is 0 Å². The Morgan fingerprint density at radius 1 is 1.47 bits per heavy atom. The first kappa shape index (κ1) is 13.8. The van der Waals surface area contributed by atoms with Crippen molar-refractivity contribution in [1.82, 2.24) is 10.2 Å². The van der Waals surface area contributed by atoms with Gasteiger partial charge in [0.05, 0.1) is 13.2 Å². The molecule has 98 valence electrons. The van der Waals surface area contributed by atoms with E-state index < -0.39 is 6.09 Å². The molecule has 0 aromatic carbocycles. The van der Waals surface area contributed by atoms with Crippen molar-refractivity contribution in [3.8, 4) is 0 Å². The number of nitrogens with zero attached hydrogens (tertiary/aromatic N) is 1. The fourth-order valence-electron chi connectivity index (χ4n) is 1.73. The van der Waals surface area contributed by atoms with Crippen molar-refractivity contribution in [1.29, 1.82) is 0 Å². The van der Waals surface area contributed by atoms with Gasteiger partial charge in [0.1, 0.15) is 6.61 Å². The summed E-state index contributed by atoms with van der Waals surface area (Å²) in [7, 11) is 1.33. The van der Waals surface area contributed by atoms with Crippen LogP contribution in [0.3, 0.4) is 0 Å². The lowest BCUT2D eigenvalue weighted by Gasteiger charge is -2.16. The van der Waals surface area contributed by atoms with E-state index in [1.54, 1.807) is 4.90 Å². The zero-order chi connectivity index (χ0) is 12.7. The SMILES string of the molecule is CCCOCC(=O)N1CCC(NC(=O)OC)C1. The quantitative estimate of drug-likeness (QED) is 0.709. The van der Waals surface area contributed by atoms with E-state index in [0.717, 1.165) is 12.8 Å². The summed E-state index contributed by atoms with van der Waals surface area (Å²) in [6.07, 6.45) is 1.21. The summed E-state index contributed by atoms with van der Waals surface area (Å²) < 4.78 is 9.70. The van der Waals surface area contributed by atoms with Gasteiger partial charge in [-0.3, -0.25) is 4.79 Å². The van der Waals surface area contributed by atoms with Gasteiger partial charge in [-0.15, -0.1) is 0 Å². The van der Waals surface area contributed by atoms with Gasteiger partial charge >= 0.3 is 6.09 Å². The molecule has 0 spiro atoms. The third-order valence-corrected chi connectivity index (χ3v) is 2.62. The minimum atomic E-state index is -0.452. The molecule has 2 amide bonds. The van der Waals surface area contributed by atoms with Gasteiger partial charge in [-0.2, -0.15) is 0 Å². The Bertz CT molecular complexity index is 270. The minimum absolute atomic E-state index is 0.0161. The summed E-state index contributed by atoms with van der Waals surface area (Å²) in [5.74, 6) is -0.0207. The van der Waals surface area contributed by atoms with Crippen molar-refractivity contribution in [3.05, 3.63) is 0 Å². The van der Waals surface area contributed by atoms with E-state index in [0.29, 0.717) is 19.7 Å². The number of methoxy groups -OCH3 is 1. The predicted octanol–water partition coefficient (Wildman–Crippen LogP) is 0.370. The number of ether oxygens (including phenoxy) is 2. The summed E-state index contributed by atoms with van der Waals surface area (Å²) >= 11 is 0. The van der Waals surface area contributed by atoms with Crippen LogP contribution in [0.4, 0.5) is 4.79 Å². The Morgan fingerprint density at radius 2 is 2.24 bits per heavy atom. The highest BCUT2D eigenvalue weighted by Gasteiger charge is 2.27. The maximum absolute atomic E-state index is 11.7. The van der Waals surface area contributed by atoms with Crippen molar-refractivity contribution in [3.63, 3.8) is 0 Å². The first-order valence-electron chi connectivity index (χ1n) is 5.87.